The topological polar surface area (TPSA) is 47.0 Å². The molecule has 0 amide bonds. The van der Waals surface area contributed by atoms with E-state index >= 15 is 0 Å². The Bertz CT molecular complexity index is 700. The van der Waals surface area contributed by atoms with Crippen LogP contribution >= 0.6 is 11.6 Å². The second-order valence-electron chi connectivity index (χ2n) is 5.24. The van der Waals surface area contributed by atoms with Crippen molar-refractivity contribution in [3.63, 3.8) is 0 Å². The molecular formula is C18H17ClFNO2. The summed E-state index contributed by atoms with van der Waals surface area (Å²) >= 11 is 6.12. The number of aromatic nitrogens is 1. The molecule has 1 aromatic heterocycles. The van der Waals surface area contributed by atoms with E-state index in [0.29, 0.717) is 30.4 Å². The van der Waals surface area contributed by atoms with Gasteiger partial charge in [-0.25, -0.2) is 9.37 Å². The molecule has 0 aliphatic carbocycles. The fourth-order valence-corrected chi connectivity index (χ4v) is 2.63. The van der Waals surface area contributed by atoms with Crippen molar-refractivity contribution >= 4 is 23.2 Å². The molecule has 0 bridgehead atoms. The number of halogens is 2. The zero-order valence-electron chi connectivity index (χ0n) is 12.8. The zero-order chi connectivity index (χ0) is 16.8. The Morgan fingerprint density at radius 1 is 1.22 bits per heavy atom. The van der Waals surface area contributed by atoms with Crippen molar-refractivity contribution in [2.75, 3.05) is 0 Å². The van der Waals surface area contributed by atoms with Gasteiger partial charge < -0.3 is 0 Å². The van der Waals surface area contributed by atoms with Crippen LogP contribution in [0, 0.1) is 5.82 Å². The van der Waals surface area contributed by atoms with Gasteiger partial charge in [-0.3, -0.25) is 9.59 Å². The molecule has 0 saturated carbocycles. The summed E-state index contributed by atoms with van der Waals surface area (Å²) in [7, 11) is 0. The van der Waals surface area contributed by atoms with Crippen LogP contribution in [0.25, 0.3) is 0 Å². The van der Waals surface area contributed by atoms with Crippen molar-refractivity contribution in [1.82, 2.24) is 4.98 Å². The van der Waals surface area contributed by atoms with E-state index in [1.54, 1.807) is 25.3 Å². The molecule has 1 aromatic carbocycles. The minimum absolute atomic E-state index is 0.0851. The highest BCUT2D eigenvalue weighted by Crippen LogP contribution is 2.30. The zero-order valence-corrected chi connectivity index (χ0v) is 13.5. The molecule has 2 rings (SSSR count). The van der Waals surface area contributed by atoms with E-state index in [1.165, 1.54) is 24.3 Å². The Hall–Kier alpha value is -2.07. The fraction of sp³-hybridized carbons (Fsp3) is 0.278. The normalized spacial score (nSPS) is 12.0. The lowest BCUT2D eigenvalue weighted by Crippen LogP contribution is -2.15. The van der Waals surface area contributed by atoms with Gasteiger partial charge in [0.15, 0.2) is 5.78 Å². The van der Waals surface area contributed by atoms with Crippen LogP contribution in [0.4, 0.5) is 4.39 Å². The number of ketones is 2. The molecule has 23 heavy (non-hydrogen) atoms. The first kappa shape index (κ1) is 17.3. The van der Waals surface area contributed by atoms with E-state index in [0.717, 1.165) is 0 Å². The number of hydrogen-bond donors (Lipinski definition) is 0. The molecule has 0 saturated heterocycles. The summed E-state index contributed by atoms with van der Waals surface area (Å²) in [6.45, 7) is 1.79. The van der Waals surface area contributed by atoms with E-state index in [-0.39, 0.29) is 16.7 Å². The van der Waals surface area contributed by atoms with Crippen LogP contribution in [0.3, 0.4) is 0 Å². The number of nitrogens with zero attached hydrogens (tertiary/aromatic N) is 1. The Balaban J connectivity index is 2.32. The third kappa shape index (κ3) is 4.45. The molecule has 1 heterocycles. The lowest BCUT2D eigenvalue weighted by atomic mass is 9.87. The fourth-order valence-electron chi connectivity index (χ4n) is 2.38. The number of rotatable bonds is 7. The largest absolute Gasteiger partial charge is 0.300 e. The average Bonchev–Trinajstić information content (AvgIpc) is 2.56. The summed E-state index contributed by atoms with van der Waals surface area (Å²) in [5.74, 6) is -1.08. The molecule has 2 aromatic rings. The van der Waals surface area contributed by atoms with E-state index in [9.17, 15) is 14.0 Å². The second-order valence-corrected chi connectivity index (χ2v) is 5.60. The third-order valence-corrected chi connectivity index (χ3v) is 4.03. The van der Waals surface area contributed by atoms with Crippen molar-refractivity contribution in [1.29, 1.82) is 0 Å². The molecule has 1 atom stereocenters. The Labute approximate surface area is 139 Å². The molecule has 1 unspecified atom stereocenters. The van der Waals surface area contributed by atoms with Gasteiger partial charge in [0.05, 0.1) is 5.92 Å². The van der Waals surface area contributed by atoms with Gasteiger partial charge in [0, 0.05) is 30.2 Å². The van der Waals surface area contributed by atoms with Crippen molar-refractivity contribution in [2.45, 2.75) is 32.1 Å². The van der Waals surface area contributed by atoms with Crippen LogP contribution in [0.5, 0.6) is 0 Å². The molecular weight excluding hydrogens is 317 g/mol. The van der Waals surface area contributed by atoms with Gasteiger partial charge in [0.1, 0.15) is 16.8 Å². The van der Waals surface area contributed by atoms with Crippen molar-refractivity contribution < 1.29 is 14.0 Å². The number of Topliss-reactive ketones (excluding diaryl/α,β-unsaturated/α-hetero) is 2. The van der Waals surface area contributed by atoms with Crippen LogP contribution in [0.15, 0.2) is 42.6 Å². The third-order valence-electron chi connectivity index (χ3n) is 3.71. The summed E-state index contributed by atoms with van der Waals surface area (Å²) in [4.78, 5) is 28.4. The summed E-state index contributed by atoms with van der Waals surface area (Å²) in [6.07, 6.45) is 2.62. The predicted octanol–water partition coefficient (Wildman–Crippen LogP) is 4.60. The Morgan fingerprint density at radius 3 is 2.52 bits per heavy atom. The van der Waals surface area contributed by atoms with E-state index in [4.69, 9.17) is 11.6 Å². The number of pyridine rings is 1. The summed E-state index contributed by atoms with van der Waals surface area (Å²) in [6, 6.07) is 8.80. The van der Waals surface area contributed by atoms with Gasteiger partial charge in [0.25, 0.3) is 0 Å². The quantitative estimate of drug-likeness (QED) is 0.549. The van der Waals surface area contributed by atoms with Crippen molar-refractivity contribution in [2.24, 2.45) is 0 Å². The summed E-state index contributed by atoms with van der Waals surface area (Å²) < 4.78 is 13.1. The number of carbonyl (C=O) groups excluding carboxylic acids is 2. The maximum absolute atomic E-state index is 13.1. The number of hydrogen-bond acceptors (Lipinski definition) is 3. The molecule has 0 aliphatic heterocycles. The Kier molecular flexibility index (Phi) is 5.99. The van der Waals surface area contributed by atoms with Gasteiger partial charge >= 0.3 is 0 Å². The van der Waals surface area contributed by atoms with E-state index in [1.807, 2.05) is 0 Å². The van der Waals surface area contributed by atoms with E-state index < -0.39 is 11.7 Å². The first-order chi connectivity index (χ1) is 11.0. The predicted molar refractivity (Wildman–Crippen MR) is 87.3 cm³/mol. The SMILES string of the molecule is CCC(=O)CCC(C(=O)c1ccc(F)cc1)c1cccnc1Cl. The molecule has 0 aliphatic rings. The highest BCUT2D eigenvalue weighted by Gasteiger charge is 2.25. The van der Waals surface area contributed by atoms with Crippen molar-refractivity contribution in [3.8, 4) is 0 Å². The smallest absolute Gasteiger partial charge is 0.170 e. The highest BCUT2D eigenvalue weighted by molar-refractivity contribution is 6.30. The lowest BCUT2D eigenvalue weighted by Gasteiger charge is -2.17. The van der Waals surface area contributed by atoms with Crippen LogP contribution in [0.2, 0.25) is 5.15 Å². The lowest BCUT2D eigenvalue weighted by molar-refractivity contribution is -0.118. The first-order valence-electron chi connectivity index (χ1n) is 7.44. The van der Waals surface area contributed by atoms with Crippen molar-refractivity contribution in [3.05, 3.63) is 64.7 Å². The van der Waals surface area contributed by atoms with Gasteiger partial charge in [-0.15, -0.1) is 0 Å². The van der Waals surface area contributed by atoms with Gasteiger partial charge in [0.2, 0.25) is 0 Å². The molecule has 120 valence electrons. The second kappa shape index (κ2) is 7.97. The number of benzene rings is 1. The van der Waals surface area contributed by atoms with Crippen LogP contribution in [-0.4, -0.2) is 16.6 Å². The molecule has 3 nitrogen and oxygen atoms in total. The maximum Gasteiger partial charge on any atom is 0.170 e. The monoisotopic (exact) mass is 333 g/mol. The molecule has 5 heteroatoms. The van der Waals surface area contributed by atoms with Crippen LogP contribution in [0.1, 0.15) is 48.0 Å². The maximum atomic E-state index is 13.1. The van der Waals surface area contributed by atoms with Crippen LogP contribution in [-0.2, 0) is 4.79 Å². The summed E-state index contributed by atoms with van der Waals surface area (Å²) in [5, 5.41) is 0.247. The average molecular weight is 334 g/mol. The van der Waals surface area contributed by atoms with Gasteiger partial charge in [-0.2, -0.15) is 0 Å². The Morgan fingerprint density at radius 2 is 1.91 bits per heavy atom. The van der Waals surface area contributed by atoms with Gasteiger partial charge in [-0.1, -0.05) is 24.6 Å². The number of carbonyl (C=O) groups is 2. The van der Waals surface area contributed by atoms with E-state index in [2.05, 4.69) is 4.98 Å². The highest BCUT2D eigenvalue weighted by atomic mass is 35.5. The first-order valence-corrected chi connectivity index (χ1v) is 7.82. The van der Waals surface area contributed by atoms with Crippen LogP contribution < -0.4 is 0 Å². The molecule has 0 spiro atoms. The minimum atomic E-state index is -0.572. The van der Waals surface area contributed by atoms with Gasteiger partial charge in [-0.05, 0) is 36.8 Å². The molecule has 0 N–H and O–H groups in total. The summed E-state index contributed by atoms with van der Waals surface area (Å²) in [5.41, 5.74) is 0.979. The standard InChI is InChI=1S/C18H17ClFNO2/c1-2-14(22)9-10-15(16-4-3-11-21-18(16)19)17(23)12-5-7-13(20)8-6-12/h3-8,11,15H,2,9-10H2,1H3. The molecule has 0 fully saturated rings. The molecule has 0 radical (unpaired) electrons. The minimum Gasteiger partial charge on any atom is -0.300 e.